The van der Waals surface area contributed by atoms with E-state index in [0.717, 1.165) is 35.3 Å². The first-order valence-corrected chi connectivity index (χ1v) is 8.16. The minimum atomic E-state index is -0.0280. The number of rotatable bonds is 5. The van der Waals surface area contributed by atoms with Crippen molar-refractivity contribution in [2.45, 2.75) is 19.4 Å². The minimum absolute atomic E-state index is 0.0280. The predicted molar refractivity (Wildman–Crippen MR) is 88.9 cm³/mol. The van der Waals surface area contributed by atoms with Gasteiger partial charge in [0.15, 0.2) is 5.17 Å². The molecule has 0 bridgehead atoms. The van der Waals surface area contributed by atoms with Gasteiger partial charge >= 0.3 is 0 Å². The number of methoxy groups -OCH3 is 1. The van der Waals surface area contributed by atoms with Crippen molar-refractivity contribution in [3.63, 3.8) is 0 Å². The largest absolute Gasteiger partial charge is 0.497 e. The summed E-state index contributed by atoms with van der Waals surface area (Å²) >= 11 is 1.60. The summed E-state index contributed by atoms with van der Waals surface area (Å²) in [7, 11) is 1.64. The number of nitrogens with one attached hydrogen (secondary N) is 1. The van der Waals surface area contributed by atoms with Crippen molar-refractivity contribution >= 4 is 22.8 Å². The molecule has 6 heteroatoms. The van der Waals surface area contributed by atoms with Gasteiger partial charge in [-0.25, -0.2) is 0 Å². The topological polar surface area (TPSA) is 53.9 Å². The number of amidine groups is 1. The number of hydrogen-bond acceptors (Lipinski definition) is 5. The summed E-state index contributed by atoms with van der Waals surface area (Å²) in [6.45, 7) is 3.69. The molecule has 0 fully saturated rings. The molecule has 2 aliphatic rings. The van der Waals surface area contributed by atoms with Crippen LogP contribution in [0.2, 0.25) is 0 Å². The second-order valence-electron chi connectivity index (χ2n) is 5.28. The molecular formula is C16H19N3O2S. The standard InChI is InChI=1S/C16H19N3O2S/c1-11(12-3-5-14(21-2)6-4-12)18-15(20)9-13-10-22-16-17-7-8-19(13)16/h3-6,10-11H,7-9H2,1-2H3,(H,18,20). The molecule has 1 N–H and O–H groups in total. The SMILES string of the molecule is COc1ccc(C(C)NC(=O)CC2=CSC3=NCCN23)cc1. The average Bonchev–Trinajstić information content (AvgIpc) is 3.12. The Balaban J connectivity index is 1.56. The maximum absolute atomic E-state index is 12.2. The molecule has 1 unspecified atom stereocenters. The summed E-state index contributed by atoms with van der Waals surface area (Å²) < 4.78 is 5.14. The van der Waals surface area contributed by atoms with Crippen molar-refractivity contribution in [2.75, 3.05) is 20.2 Å². The number of fused-ring (bicyclic) bond motifs is 1. The van der Waals surface area contributed by atoms with Gasteiger partial charge in [-0.05, 0) is 30.0 Å². The molecule has 0 aliphatic carbocycles. The number of aliphatic imine (C=N–C) groups is 1. The Labute approximate surface area is 134 Å². The van der Waals surface area contributed by atoms with Crippen LogP contribution in [0.25, 0.3) is 0 Å². The molecule has 0 spiro atoms. The van der Waals surface area contributed by atoms with Gasteiger partial charge in [-0.15, -0.1) is 0 Å². The first-order chi connectivity index (χ1) is 10.7. The van der Waals surface area contributed by atoms with Crippen molar-refractivity contribution in [1.29, 1.82) is 0 Å². The monoisotopic (exact) mass is 317 g/mol. The summed E-state index contributed by atoms with van der Waals surface area (Å²) in [5.41, 5.74) is 2.10. The van der Waals surface area contributed by atoms with Gasteiger partial charge < -0.3 is 15.0 Å². The number of ether oxygens (including phenoxy) is 1. The van der Waals surface area contributed by atoms with Crippen LogP contribution in [-0.2, 0) is 4.79 Å². The molecule has 0 saturated carbocycles. The van der Waals surface area contributed by atoms with Gasteiger partial charge in [0.05, 0.1) is 26.1 Å². The van der Waals surface area contributed by atoms with Gasteiger partial charge in [-0.3, -0.25) is 9.79 Å². The molecule has 0 aromatic heterocycles. The fourth-order valence-electron chi connectivity index (χ4n) is 2.55. The van der Waals surface area contributed by atoms with Gasteiger partial charge in [-0.1, -0.05) is 23.9 Å². The van der Waals surface area contributed by atoms with Crippen LogP contribution >= 0.6 is 11.8 Å². The number of carbonyl (C=O) groups is 1. The first-order valence-electron chi connectivity index (χ1n) is 7.28. The molecule has 116 valence electrons. The Hall–Kier alpha value is -1.95. The smallest absolute Gasteiger partial charge is 0.226 e. The third-order valence-electron chi connectivity index (χ3n) is 3.78. The van der Waals surface area contributed by atoms with Crippen molar-refractivity contribution in [2.24, 2.45) is 4.99 Å². The van der Waals surface area contributed by atoms with Crippen LogP contribution in [0.5, 0.6) is 5.75 Å². The van der Waals surface area contributed by atoms with Gasteiger partial charge in [0.2, 0.25) is 5.91 Å². The highest BCUT2D eigenvalue weighted by molar-refractivity contribution is 8.16. The van der Waals surface area contributed by atoms with E-state index >= 15 is 0 Å². The summed E-state index contributed by atoms with van der Waals surface area (Å²) in [4.78, 5) is 18.8. The lowest BCUT2D eigenvalue weighted by Crippen LogP contribution is -2.30. The Morgan fingerprint density at radius 1 is 1.45 bits per heavy atom. The number of thioether (sulfide) groups is 1. The molecule has 1 amide bonds. The molecular weight excluding hydrogens is 298 g/mol. The molecule has 0 saturated heterocycles. The number of amides is 1. The Morgan fingerprint density at radius 3 is 2.95 bits per heavy atom. The zero-order valence-electron chi connectivity index (χ0n) is 12.7. The number of carbonyl (C=O) groups excluding carboxylic acids is 1. The van der Waals surface area contributed by atoms with E-state index in [2.05, 4.69) is 15.2 Å². The summed E-state index contributed by atoms with van der Waals surface area (Å²) in [5.74, 6) is 0.847. The third kappa shape index (κ3) is 3.11. The van der Waals surface area contributed by atoms with Gasteiger partial charge in [0.25, 0.3) is 0 Å². The Morgan fingerprint density at radius 2 is 2.23 bits per heavy atom. The zero-order chi connectivity index (χ0) is 15.5. The zero-order valence-corrected chi connectivity index (χ0v) is 13.5. The maximum Gasteiger partial charge on any atom is 0.226 e. The summed E-state index contributed by atoms with van der Waals surface area (Å²) in [6, 6.07) is 7.72. The fourth-order valence-corrected chi connectivity index (χ4v) is 3.50. The van der Waals surface area contributed by atoms with E-state index < -0.39 is 0 Å². The highest BCUT2D eigenvalue weighted by atomic mass is 32.2. The fraction of sp³-hybridized carbons (Fsp3) is 0.375. The number of hydrogen-bond donors (Lipinski definition) is 1. The van der Waals surface area contributed by atoms with E-state index in [0.29, 0.717) is 6.42 Å². The lowest BCUT2D eigenvalue weighted by molar-refractivity contribution is -0.121. The normalized spacial score (nSPS) is 17.6. The molecule has 5 nitrogen and oxygen atoms in total. The maximum atomic E-state index is 12.2. The van der Waals surface area contributed by atoms with Crippen LogP contribution in [0.4, 0.5) is 0 Å². The van der Waals surface area contributed by atoms with Crippen molar-refractivity contribution in [3.8, 4) is 5.75 Å². The second kappa shape index (κ2) is 6.44. The average molecular weight is 317 g/mol. The molecule has 3 rings (SSSR count). The van der Waals surface area contributed by atoms with Crippen LogP contribution in [0.15, 0.2) is 40.4 Å². The number of nitrogens with zero attached hydrogens (tertiary/aromatic N) is 2. The van der Waals surface area contributed by atoms with Crippen molar-refractivity contribution in [3.05, 3.63) is 40.9 Å². The van der Waals surface area contributed by atoms with Crippen LogP contribution in [0, 0.1) is 0 Å². The van der Waals surface area contributed by atoms with E-state index in [1.807, 2.05) is 36.6 Å². The Bertz CT molecular complexity index is 625. The lowest BCUT2D eigenvalue weighted by Gasteiger charge is -2.18. The van der Waals surface area contributed by atoms with Crippen molar-refractivity contribution < 1.29 is 9.53 Å². The molecule has 22 heavy (non-hydrogen) atoms. The molecule has 1 aromatic rings. The van der Waals surface area contributed by atoms with E-state index in [-0.39, 0.29) is 11.9 Å². The second-order valence-corrected chi connectivity index (χ2v) is 6.12. The van der Waals surface area contributed by atoms with E-state index in [4.69, 9.17) is 4.74 Å². The molecule has 1 atom stereocenters. The molecule has 1 aromatic carbocycles. The van der Waals surface area contributed by atoms with Gasteiger partial charge in [-0.2, -0.15) is 0 Å². The first kappa shape index (κ1) is 15.0. The molecule has 0 radical (unpaired) electrons. The Kier molecular flexibility index (Phi) is 4.38. The van der Waals surface area contributed by atoms with Gasteiger partial charge in [0.1, 0.15) is 5.75 Å². The highest BCUT2D eigenvalue weighted by Crippen LogP contribution is 2.30. The van der Waals surface area contributed by atoms with Crippen LogP contribution in [0.3, 0.4) is 0 Å². The van der Waals surface area contributed by atoms with E-state index in [1.165, 1.54) is 0 Å². The van der Waals surface area contributed by atoms with Crippen LogP contribution in [0.1, 0.15) is 24.9 Å². The van der Waals surface area contributed by atoms with E-state index in [9.17, 15) is 4.79 Å². The summed E-state index contributed by atoms with van der Waals surface area (Å²) in [6.07, 6.45) is 0.395. The highest BCUT2D eigenvalue weighted by Gasteiger charge is 2.27. The molecule has 2 heterocycles. The predicted octanol–water partition coefficient (Wildman–Crippen LogP) is 2.52. The van der Waals surface area contributed by atoms with Crippen LogP contribution < -0.4 is 10.1 Å². The quantitative estimate of drug-likeness (QED) is 0.907. The lowest BCUT2D eigenvalue weighted by atomic mass is 10.1. The van der Waals surface area contributed by atoms with Crippen molar-refractivity contribution in [1.82, 2.24) is 10.2 Å². The molecule has 2 aliphatic heterocycles. The minimum Gasteiger partial charge on any atom is -0.497 e. The van der Waals surface area contributed by atoms with Crippen LogP contribution in [-0.4, -0.2) is 36.2 Å². The van der Waals surface area contributed by atoms with Gasteiger partial charge in [0, 0.05) is 12.2 Å². The summed E-state index contributed by atoms with van der Waals surface area (Å²) in [5, 5.41) is 6.09. The van der Waals surface area contributed by atoms with E-state index in [1.54, 1.807) is 18.9 Å². The third-order valence-corrected chi connectivity index (χ3v) is 4.73. The number of benzene rings is 1.